The Kier molecular flexibility index (Phi) is 6.02. The molecule has 2 aromatic rings. The number of hydrogen-bond acceptors (Lipinski definition) is 3. The second-order valence-corrected chi connectivity index (χ2v) is 6.79. The lowest BCUT2D eigenvalue weighted by Crippen LogP contribution is -2.47. The van der Waals surface area contributed by atoms with Crippen LogP contribution in [-0.2, 0) is 13.1 Å². The van der Waals surface area contributed by atoms with Crippen molar-refractivity contribution in [3.05, 3.63) is 71.8 Å². The summed E-state index contributed by atoms with van der Waals surface area (Å²) < 4.78 is 0. The van der Waals surface area contributed by atoms with Gasteiger partial charge in [-0.2, -0.15) is 0 Å². The summed E-state index contributed by atoms with van der Waals surface area (Å²) in [5.74, 6) is 0. The predicted octanol–water partition coefficient (Wildman–Crippen LogP) is 3.35. The van der Waals surface area contributed by atoms with E-state index < -0.39 is 12.2 Å². The van der Waals surface area contributed by atoms with Gasteiger partial charge in [0.1, 0.15) is 0 Å². The first-order chi connectivity index (χ1) is 11.7. The Hall–Kier alpha value is -1.68. The molecule has 1 aliphatic carbocycles. The first kappa shape index (κ1) is 17.2. The van der Waals surface area contributed by atoms with Gasteiger partial charge in [-0.15, -0.1) is 0 Å². The highest BCUT2D eigenvalue weighted by Crippen LogP contribution is 2.26. The van der Waals surface area contributed by atoms with Crippen molar-refractivity contribution in [3.8, 4) is 0 Å². The van der Waals surface area contributed by atoms with Crippen LogP contribution in [0.5, 0.6) is 0 Å². The Morgan fingerprint density at radius 1 is 0.750 bits per heavy atom. The van der Waals surface area contributed by atoms with Crippen LogP contribution in [0.15, 0.2) is 60.7 Å². The molecule has 0 unspecified atom stereocenters. The van der Waals surface area contributed by atoms with E-state index in [-0.39, 0.29) is 6.04 Å². The van der Waals surface area contributed by atoms with Gasteiger partial charge in [0.15, 0.2) is 0 Å². The normalized spacial score (nSPS) is 24.7. The molecule has 1 fully saturated rings. The largest absolute Gasteiger partial charge is 0.390 e. The molecular formula is C21H27NO2. The van der Waals surface area contributed by atoms with E-state index in [0.717, 1.165) is 32.4 Å². The molecular weight excluding hydrogens is 298 g/mol. The van der Waals surface area contributed by atoms with Gasteiger partial charge in [0.2, 0.25) is 0 Å². The van der Waals surface area contributed by atoms with E-state index in [0.29, 0.717) is 6.42 Å². The third-order valence-corrected chi connectivity index (χ3v) is 4.96. The van der Waals surface area contributed by atoms with Crippen LogP contribution in [0.3, 0.4) is 0 Å². The van der Waals surface area contributed by atoms with Crippen LogP contribution in [0.25, 0.3) is 0 Å². The number of rotatable bonds is 5. The Morgan fingerprint density at radius 2 is 1.25 bits per heavy atom. The SMILES string of the molecule is O[C@@H]1[C@H](O)CCCC[C@H]1N(Cc1ccccc1)Cc1ccccc1. The maximum absolute atomic E-state index is 10.7. The van der Waals surface area contributed by atoms with E-state index in [1.807, 2.05) is 36.4 Å². The third kappa shape index (κ3) is 4.44. The highest BCUT2D eigenvalue weighted by Gasteiger charge is 2.32. The van der Waals surface area contributed by atoms with E-state index in [9.17, 15) is 10.2 Å². The lowest BCUT2D eigenvalue weighted by atomic mass is 10.00. The topological polar surface area (TPSA) is 43.7 Å². The Labute approximate surface area is 144 Å². The molecule has 3 nitrogen and oxygen atoms in total. The first-order valence-corrected chi connectivity index (χ1v) is 8.92. The van der Waals surface area contributed by atoms with E-state index >= 15 is 0 Å². The molecule has 0 aromatic heterocycles. The molecule has 1 aliphatic rings. The van der Waals surface area contributed by atoms with Crippen molar-refractivity contribution in [2.24, 2.45) is 0 Å². The molecule has 2 N–H and O–H groups in total. The van der Waals surface area contributed by atoms with Crippen LogP contribution in [0, 0.1) is 0 Å². The molecule has 0 amide bonds. The minimum absolute atomic E-state index is 0.0112. The molecule has 0 radical (unpaired) electrons. The van der Waals surface area contributed by atoms with Gasteiger partial charge in [-0.05, 0) is 24.0 Å². The summed E-state index contributed by atoms with van der Waals surface area (Å²) in [6.07, 6.45) is 2.37. The molecule has 0 heterocycles. The zero-order valence-corrected chi connectivity index (χ0v) is 14.1. The van der Waals surface area contributed by atoms with Gasteiger partial charge < -0.3 is 10.2 Å². The van der Waals surface area contributed by atoms with Crippen LogP contribution in [-0.4, -0.2) is 33.4 Å². The van der Waals surface area contributed by atoms with Crippen molar-refractivity contribution in [2.45, 2.75) is 57.0 Å². The zero-order chi connectivity index (χ0) is 16.8. The van der Waals surface area contributed by atoms with E-state index in [1.54, 1.807) is 0 Å². The Morgan fingerprint density at radius 3 is 1.79 bits per heavy atom. The lowest BCUT2D eigenvalue weighted by molar-refractivity contribution is -0.0407. The second kappa shape index (κ2) is 8.43. The number of benzene rings is 2. The van der Waals surface area contributed by atoms with Crippen LogP contribution >= 0.6 is 0 Å². The van der Waals surface area contributed by atoms with Gasteiger partial charge in [-0.25, -0.2) is 0 Å². The van der Waals surface area contributed by atoms with Crippen LogP contribution in [0.2, 0.25) is 0 Å². The fraction of sp³-hybridized carbons (Fsp3) is 0.429. The summed E-state index contributed by atoms with van der Waals surface area (Å²) in [5, 5.41) is 20.9. The fourth-order valence-electron chi connectivity index (χ4n) is 3.63. The average molecular weight is 325 g/mol. The lowest BCUT2D eigenvalue weighted by Gasteiger charge is -2.35. The molecule has 3 atom stereocenters. The Balaban J connectivity index is 1.82. The molecule has 1 saturated carbocycles. The van der Waals surface area contributed by atoms with Crippen molar-refractivity contribution >= 4 is 0 Å². The van der Waals surface area contributed by atoms with Crippen LogP contribution in [0.4, 0.5) is 0 Å². The average Bonchev–Trinajstić information content (AvgIpc) is 2.78. The van der Waals surface area contributed by atoms with Crippen LogP contribution < -0.4 is 0 Å². The molecule has 3 heteroatoms. The minimum Gasteiger partial charge on any atom is -0.390 e. The minimum atomic E-state index is -0.681. The number of aliphatic hydroxyl groups is 2. The van der Waals surface area contributed by atoms with E-state index in [1.165, 1.54) is 11.1 Å². The number of aliphatic hydroxyl groups excluding tert-OH is 2. The standard InChI is InChI=1S/C21H27NO2/c23-20-14-8-7-13-19(21(20)24)22(15-17-9-3-1-4-10-17)16-18-11-5-2-6-12-18/h1-6,9-12,19-21,23-24H,7-8,13-16H2/t19-,20-,21+/m1/s1. The fourth-order valence-corrected chi connectivity index (χ4v) is 3.63. The van der Waals surface area contributed by atoms with Gasteiger partial charge in [-0.1, -0.05) is 73.5 Å². The zero-order valence-electron chi connectivity index (χ0n) is 14.1. The summed E-state index contributed by atoms with van der Waals surface area (Å²) in [6.45, 7) is 1.56. The Bertz CT molecular complexity index is 560. The van der Waals surface area contributed by atoms with Gasteiger partial charge in [-0.3, -0.25) is 4.90 Å². The third-order valence-electron chi connectivity index (χ3n) is 4.96. The monoisotopic (exact) mass is 325 g/mol. The highest BCUT2D eigenvalue weighted by atomic mass is 16.3. The second-order valence-electron chi connectivity index (χ2n) is 6.79. The van der Waals surface area contributed by atoms with Crippen molar-refractivity contribution in [1.82, 2.24) is 4.90 Å². The smallest absolute Gasteiger partial charge is 0.0953 e. The van der Waals surface area contributed by atoms with Crippen molar-refractivity contribution < 1.29 is 10.2 Å². The first-order valence-electron chi connectivity index (χ1n) is 8.92. The summed E-state index contributed by atoms with van der Waals surface area (Å²) in [6, 6.07) is 20.7. The summed E-state index contributed by atoms with van der Waals surface area (Å²) in [5.41, 5.74) is 2.47. The van der Waals surface area contributed by atoms with Crippen molar-refractivity contribution in [3.63, 3.8) is 0 Å². The highest BCUT2D eigenvalue weighted by molar-refractivity contribution is 5.17. The van der Waals surface area contributed by atoms with Crippen molar-refractivity contribution in [1.29, 1.82) is 0 Å². The molecule has 24 heavy (non-hydrogen) atoms. The maximum Gasteiger partial charge on any atom is 0.0953 e. The van der Waals surface area contributed by atoms with E-state index in [4.69, 9.17) is 0 Å². The molecule has 0 saturated heterocycles. The summed E-state index contributed by atoms with van der Waals surface area (Å²) in [7, 11) is 0. The van der Waals surface area contributed by atoms with Crippen LogP contribution in [0.1, 0.15) is 36.8 Å². The molecule has 3 rings (SSSR count). The number of nitrogens with zero attached hydrogens (tertiary/aromatic N) is 1. The van der Waals surface area contributed by atoms with Crippen molar-refractivity contribution in [2.75, 3.05) is 0 Å². The summed E-state index contributed by atoms with van der Waals surface area (Å²) >= 11 is 0. The molecule has 0 bridgehead atoms. The van der Waals surface area contributed by atoms with E-state index in [2.05, 4.69) is 29.2 Å². The predicted molar refractivity (Wildman–Crippen MR) is 96.4 cm³/mol. The molecule has 128 valence electrons. The van der Waals surface area contributed by atoms with Gasteiger partial charge in [0.05, 0.1) is 12.2 Å². The molecule has 2 aromatic carbocycles. The summed E-state index contributed by atoms with van der Waals surface area (Å²) in [4.78, 5) is 2.32. The molecule has 0 aliphatic heterocycles. The van der Waals surface area contributed by atoms with Gasteiger partial charge in [0.25, 0.3) is 0 Å². The number of hydrogen-bond donors (Lipinski definition) is 2. The van der Waals surface area contributed by atoms with Gasteiger partial charge in [0, 0.05) is 19.1 Å². The molecule has 0 spiro atoms. The maximum atomic E-state index is 10.7. The van der Waals surface area contributed by atoms with Gasteiger partial charge >= 0.3 is 0 Å². The quantitative estimate of drug-likeness (QED) is 0.829.